The van der Waals surface area contributed by atoms with E-state index in [1.807, 2.05) is 0 Å². The Labute approximate surface area is 205 Å². The van der Waals surface area contributed by atoms with Crippen molar-refractivity contribution in [3.63, 3.8) is 0 Å². The highest BCUT2D eigenvalue weighted by Gasteiger charge is 2.39. The number of nitrogens with zero attached hydrogens (tertiary/aromatic N) is 4. The van der Waals surface area contributed by atoms with Gasteiger partial charge in [0, 0.05) is 6.54 Å². The van der Waals surface area contributed by atoms with E-state index >= 15 is 0 Å². The monoisotopic (exact) mass is 532 g/mol. The summed E-state index contributed by atoms with van der Waals surface area (Å²) in [4.78, 5) is 16.7. The molecule has 0 N–H and O–H groups in total. The van der Waals surface area contributed by atoms with Crippen LogP contribution >= 0.6 is 0 Å². The predicted molar refractivity (Wildman–Crippen MR) is 114 cm³/mol. The average molecular weight is 532 g/mol. The molecule has 0 spiro atoms. The van der Waals surface area contributed by atoms with Crippen molar-refractivity contribution in [1.82, 2.24) is 4.90 Å². The van der Waals surface area contributed by atoms with Gasteiger partial charge in [0.1, 0.15) is 5.82 Å². The van der Waals surface area contributed by atoms with Gasteiger partial charge < -0.3 is 9.47 Å². The Hall–Kier alpha value is -3.23. The number of amides is 2. The smallest absolute Gasteiger partial charge is 0.349 e. The molecule has 2 aliphatic rings. The van der Waals surface area contributed by atoms with Crippen LogP contribution < -0.4 is 0 Å². The molecule has 0 saturated carbocycles. The van der Waals surface area contributed by atoms with Gasteiger partial charge in [-0.3, -0.25) is 4.90 Å². The van der Waals surface area contributed by atoms with Crippen molar-refractivity contribution < 1.29 is 45.0 Å². The first-order valence-corrected chi connectivity index (χ1v) is 10.9. The van der Waals surface area contributed by atoms with Gasteiger partial charge in [0.2, 0.25) is 0 Å². The zero-order valence-corrected chi connectivity index (χ0v) is 19.1. The first-order chi connectivity index (χ1) is 17.3. The molecule has 37 heavy (non-hydrogen) atoms. The molecule has 0 bridgehead atoms. The summed E-state index contributed by atoms with van der Waals surface area (Å²) in [5, 5.41) is 7.00. The molecular weight excluding hydrogens is 513 g/mol. The molecule has 3 atom stereocenters. The van der Waals surface area contributed by atoms with Crippen LogP contribution in [0.5, 0.6) is 0 Å². The van der Waals surface area contributed by atoms with Crippen LogP contribution in [0, 0.1) is 5.82 Å². The number of carbonyl (C=O) groups is 1. The zero-order chi connectivity index (χ0) is 27.0. The number of hydrogen-bond acceptors (Lipinski definition) is 5. The van der Waals surface area contributed by atoms with Gasteiger partial charge in [-0.05, 0) is 48.4 Å². The van der Waals surface area contributed by atoms with Crippen molar-refractivity contribution in [2.75, 3.05) is 19.7 Å². The van der Waals surface area contributed by atoms with Crippen molar-refractivity contribution in [2.45, 2.75) is 37.7 Å². The predicted octanol–water partition coefficient (Wildman–Crippen LogP) is 6.32. The Bertz CT molecular complexity index is 1180. The van der Waals surface area contributed by atoms with Crippen molar-refractivity contribution in [1.29, 1.82) is 0 Å². The Morgan fingerprint density at radius 1 is 1.03 bits per heavy atom. The number of benzene rings is 2. The normalized spacial score (nSPS) is 21.8. The Balaban J connectivity index is 1.65. The molecule has 2 aliphatic heterocycles. The highest BCUT2D eigenvalue weighted by Crippen LogP contribution is 2.39. The number of halogens is 7. The zero-order valence-electron chi connectivity index (χ0n) is 19.1. The Morgan fingerprint density at radius 3 is 2.19 bits per heavy atom. The number of alkyl halides is 6. The number of carbonyl (C=O) groups excluding carboxylic acids is 1. The molecular formula is C23H19F7N4O3. The minimum Gasteiger partial charge on any atom is -0.349 e. The fraction of sp³-hybridized carbons (Fsp3) is 0.391. The third kappa shape index (κ3) is 6.37. The second kappa shape index (κ2) is 10.3. The lowest BCUT2D eigenvalue weighted by atomic mass is 10.0. The van der Waals surface area contributed by atoms with E-state index in [4.69, 9.17) is 9.47 Å². The summed E-state index contributed by atoms with van der Waals surface area (Å²) >= 11 is 0. The van der Waals surface area contributed by atoms with Crippen LogP contribution in [0.2, 0.25) is 0 Å². The number of amidine groups is 1. The first kappa shape index (κ1) is 26.8. The van der Waals surface area contributed by atoms with E-state index in [0.717, 1.165) is 0 Å². The van der Waals surface area contributed by atoms with Gasteiger partial charge in [-0.2, -0.15) is 31.3 Å². The topological polar surface area (TPSA) is 75.8 Å². The van der Waals surface area contributed by atoms with Crippen LogP contribution in [0.1, 0.15) is 41.3 Å². The molecule has 2 heterocycles. The van der Waals surface area contributed by atoms with Gasteiger partial charge in [0.05, 0.1) is 36.4 Å². The van der Waals surface area contributed by atoms with Crippen molar-refractivity contribution >= 4 is 11.9 Å². The molecule has 2 aromatic rings. The molecule has 1 fully saturated rings. The summed E-state index contributed by atoms with van der Waals surface area (Å²) in [7, 11) is 0. The maximum absolute atomic E-state index is 13.6. The lowest BCUT2D eigenvalue weighted by molar-refractivity contribution is -0.227. The quantitative estimate of drug-likeness (QED) is 0.408. The minimum absolute atomic E-state index is 0.0106. The number of aliphatic imine (C=N–C) groups is 1. The minimum atomic E-state index is -5.02. The number of hydrogen-bond donors (Lipinski definition) is 0. The Kier molecular flexibility index (Phi) is 7.44. The summed E-state index contributed by atoms with van der Waals surface area (Å²) in [5.41, 5.74) is -2.81. The number of rotatable bonds is 6. The van der Waals surface area contributed by atoms with Gasteiger partial charge in [0.15, 0.2) is 12.1 Å². The molecule has 2 aromatic carbocycles. The van der Waals surface area contributed by atoms with Crippen LogP contribution in [0.15, 0.2) is 57.7 Å². The third-order valence-corrected chi connectivity index (χ3v) is 5.76. The van der Waals surface area contributed by atoms with Crippen LogP contribution in [0.25, 0.3) is 0 Å². The summed E-state index contributed by atoms with van der Waals surface area (Å²) in [5.74, 6) is -0.431. The van der Waals surface area contributed by atoms with E-state index in [1.165, 1.54) is 31.2 Å². The van der Waals surface area contributed by atoms with Gasteiger partial charge in [-0.15, -0.1) is 5.11 Å². The fourth-order valence-electron chi connectivity index (χ4n) is 4.01. The molecule has 198 valence electrons. The maximum Gasteiger partial charge on any atom is 0.416 e. The molecule has 0 unspecified atom stereocenters. The fourth-order valence-corrected chi connectivity index (χ4v) is 4.01. The summed E-state index contributed by atoms with van der Waals surface area (Å²) in [6, 6.07) is 4.89. The van der Waals surface area contributed by atoms with Crippen molar-refractivity contribution in [2.24, 2.45) is 15.2 Å². The first-order valence-electron chi connectivity index (χ1n) is 10.9. The van der Waals surface area contributed by atoms with Crippen molar-refractivity contribution in [3.05, 3.63) is 70.5 Å². The van der Waals surface area contributed by atoms with Crippen LogP contribution in [0.4, 0.5) is 35.5 Å². The molecule has 1 saturated heterocycles. The largest absolute Gasteiger partial charge is 0.416 e. The molecule has 4 rings (SSSR count). The highest BCUT2D eigenvalue weighted by molar-refractivity contribution is 5.99. The lowest BCUT2D eigenvalue weighted by Crippen LogP contribution is -2.48. The third-order valence-electron chi connectivity index (χ3n) is 5.76. The molecule has 0 aliphatic carbocycles. The van der Waals surface area contributed by atoms with E-state index in [1.54, 1.807) is 4.90 Å². The lowest BCUT2D eigenvalue weighted by Gasteiger charge is -2.41. The second-order valence-electron chi connectivity index (χ2n) is 8.33. The molecule has 2 amide bonds. The van der Waals surface area contributed by atoms with Gasteiger partial charge in [-0.1, -0.05) is 17.2 Å². The van der Waals surface area contributed by atoms with E-state index in [-0.39, 0.29) is 37.2 Å². The van der Waals surface area contributed by atoms with E-state index in [0.29, 0.717) is 17.7 Å². The van der Waals surface area contributed by atoms with Gasteiger partial charge in [0.25, 0.3) is 0 Å². The van der Waals surface area contributed by atoms with Crippen molar-refractivity contribution in [3.8, 4) is 0 Å². The molecule has 7 nitrogen and oxygen atoms in total. The van der Waals surface area contributed by atoms with Crippen LogP contribution in [-0.2, 0) is 21.8 Å². The summed E-state index contributed by atoms with van der Waals surface area (Å²) in [6.07, 6.45) is -12.5. The number of azo groups is 1. The highest BCUT2D eigenvalue weighted by atomic mass is 19.4. The summed E-state index contributed by atoms with van der Waals surface area (Å²) < 4.78 is 105. The van der Waals surface area contributed by atoms with Crippen LogP contribution in [0.3, 0.4) is 0 Å². The van der Waals surface area contributed by atoms with E-state index in [9.17, 15) is 35.5 Å². The number of ether oxygens (including phenoxy) is 2. The SMILES string of the molecule is C[C@@H](O[C@H]1OCCN(CC2=NC(=O)N=N2)[C@H]1c1ccc(F)cc1)c1cc(C(F)(F)F)cc(C(F)(F)F)c1. The Morgan fingerprint density at radius 2 is 1.65 bits per heavy atom. The second-order valence-corrected chi connectivity index (χ2v) is 8.33. The van der Waals surface area contributed by atoms with Gasteiger partial charge >= 0.3 is 18.4 Å². The number of urea groups is 1. The molecule has 0 aromatic heterocycles. The standard InChI is InChI=1S/C23H19F7N4O3/c1-12(14-8-15(22(25,26)27)10-16(9-14)23(28,29)30)37-20-19(13-2-4-17(24)5-3-13)34(6-7-36-20)11-18-31-21(35)33-32-18/h2-5,8-10,12,19-20H,6-7,11H2,1H3/t12-,19+,20-/m1/s1. The molecule has 14 heteroatoms. The molecule has 0 radical (unpaired) electrons. The van der Waals surface area contributed by atoms with Crippen LogP contribution in [-0.4, -0.2) is 42.8 Å². The average Bonchev–Trinajstić information content (AvgIpc) is 3.23. The summed E-state index contributed by atoms with van der Waals surface area (Å²) in [6.45, 7) is 1.66. The van der Waals surface area contributed by atoms with Gasteiger partial charge in [-0.25, -0.2) is 9.18 Å². The van der Waals surface area contributed by atoms with E-state index in [2.05, 4.69) is 15.2 Å². The maximum atomic E-state index is 13.6. The van der Waals surface area contributed by atoms with E-state index < -0.39 is 53.8 Å². The number of morpholine rings is 1.